The molecule has 252 valence electrons. The molecule has 1 aromatic rings. The van der Waals surface area contributed by atoms with Crippen molar-refractivity contribution in [3.8, 4) is 0 Å². The number of alkyl halides is 5. The Bertz CT molecular complexity index is 1470. The lowest BCUT2D eigenvalue weighted by atomic mass is 9.61. The maximum atomic E-state index is 14.9. The molecule has 8 atom stereocenters. The second-order valence-electron chi connectivity index (χ2n) is 14.3. The van der Waals surface area contributed by atoms with Crippen molar-refractivity contribution in [3.05, 3.63) is 58.3 Å². The van der Waals surface area contributed by atoms with Gasteiger partial charge in [-0.2, -0.15) is 18.2 Å². The molecule has 8 nitrogen and oxygen atoms in total. The van der Waals surface area contributed by atoms with Crippen LogP contribution in [0.25, 0.3) is 0 Å². The minimum absolute atomic E-state index is 0.00493. The summed E-state index contributed by atoms with van der Waals surface area (Å²) >= 11 is 13.1. The van der Waals surface area contributed by atoms with Crippen molar-refractivity contribution in [1.82, 2.24) is 20.4 Å². The predicted octanol–water partition coefficient (Wildman–Crippen LogP) is 2.62. The fourth-order valence-electron chi connectivity index (χ4n) is 7.89. The highest BCUT2D eigenvalue weighted by Gasteiger charge is 2.73. The molecular weight excluding hydrogens is 649 g/mol. The molecule has 4 unspecified atom stereocenters. The number of fused-ring (bicyclic) bond motifs is 3. The minimum atomic E-state index is -4.89. The van der Waals surface area contributed by atoms with E-state index in [0.29, 0.717) is 30.2 Å². The number of carbonyl (C=O) groups is 1. The summed E-state index contributed by atoms with van der Waals surface area (Å²) in [5, 5.41) is 30.9. The van der Waals surface area contributed by atoms with Crippen molar-refractivity contribution in [1.29, 1.82) is 0 Å². The van der Waals surface area contributed by atoms with E-state index in [4.69, 9.17) is 23.2 Å². The molecule has 2 aliphatic carbocycles. The molecule has 2 saturated heterocycles. The fourth-order valence-corrected chi connectivity index (χ4v) is 8.45. The second kappa shape index (κ2) is 11.7. The Morgan fingerprint density at radius 3 is 2.54 bits per heavy atom. The molecule has 1 aromatic carbocycles. The van der Waals surface area contributed by atoms with Crippen molar-refractivity contribution >= 4 is 35.0 Å². The number of hydrogen-bond donors (Lipinski definition) is 5. The highest BCUT2D eigenvalue weighted by molar-refractivity contribution is 6.30. The molecule has 6 rings (SSSR count). The molecule has 0 aromatic heterocycles. The average molecular weight is 690 g/mol. The number of benzene rings is 1. The van der Waals surface area contributed by atoms with Gasteiger partial charge in [0.2, 0.25) is 5.70 Å². The molecule has 3 aliphatic heterocycles. The monoisotopic (exact) mass is 688 g/mol. The molecule has 0 radical (unpaired) electrons. The van der Waals surface area contributed by atoms with Crippen molar-refractivity contribution in [2.75, 3.05) is 39.3 Å². The number of aliphatic hydroxyl groups is 2. The van der Waals surface area contributed by atoms with E-state index >= 15 is 0 Å². The van der Waals surface area contributed by atoms with Crippen LogP contribution in [0.4, 0.5) is 17.6 Å². The van der Waals surface area contributed by atoms with E-state index in [1.807, 2.05) is 29.2 Å². The van der Waals surface area contributed by atoms with Crippen LogP contribution >= 0.6 is 23.2 Å². The molecular formula is C32H40Cl2F4N5O3+. The Morgan fingerprint density at radius 1 is 1.22 bits per heavy atom. The molecule has 5 N–H and O–H groups in total. The Kier molecular flexibility index (Phi) is 8.59. The van der Waals surface area contributed by atoms with Gasteiger partial charge in [-0.05, 0) is 29.5 Å². The van der Waals surface area contributed by atoms with E-state index in [0.717, 1.165) is 16.0 Å². The standard InChI is InChI=1S/C32H39Cl2F4N5O3/c1-29(2,3)16-22-31(19-14-20-25(35)30(20,34)15-21(19)40-27(31)45)23(17-5-4-6-18(33)13-17)24(41-22)26(44)39-7-8-42-9-11-43(12-10-42)28(46)32(36,37)38/h4-6,13-15,20,22-26,39,41,44H,7-12,16H2,1-3H3,(H,40,45)/p+1/t20?,22-,23+,24-,25?,26?,30?,31+/m1/s1. The number of nitrogens with zero attached hydrogens (tertiary/aromatic N) is 2. The largest absolute Gasteiger partial charge is 0.471 e. The molecule has 0 bridgehead atoms. The van der Waals surface area contributed by atoms with Crippen molar-refractivity contribution in [2.45, 2.75) is 68.6 Å². The number of rotatable bonds is 7. The summed E-state index contributed by atoms with van der Waals surface area (Å²) in [5.74, 6) is -2.93. The number of nitrogens with one attached hydrogen (secondary N) is 3. The van der Waals surface area contributed by atoms with E-state index in [-0.39, 0.29) is 43.5 Å². The van der Waals surface area contributed by atoms with Gasteiger partial charge < -0.3 is 20.4 Å². The average Bonchev–Trinajstić information content (AvgIpc) is 3.21. The topological polar surface area (TPSA) is 102 Å². The van der Waals surface area contributed by atoms with Gasteiger partial charge in [0.15, 0.2) is 0 Å². The maximum Gasteiger partial charge on any atom is 0.471 e. The lowest BCUT2D eigenvalue weighted by Gasteiger charge is -2.37. The Morgan fingerprint density at radius 2 is 1.91 bits per heavy atom. The summed E-state index contributed by atoms with van der Waals surface area (Å²) in [6, 6.07) is 6.26. The van der Waals surface area contributed by atoms with E-state index in [2.05, 4.69) is 36.4 Å². The summed E-state index contributed by atoms with van der Waals surface area (Å²) < 4.78 is 53.4. The quantitative estimate of drug-likeness (QED) is 0.172. The summed E-state index contributed by atoms with van der Waals surface area (Å²) in [6.07, 6.45) is -3.17. The first-order valence-corrected chi connectivity index (χ1v) is 16.4. The van der Waals surface area contributed by atoms with Gasteiger partial charge in [0, 0.05) is 73.8 Å². The zero-order chi connectivity index (χ0) is 33.4. The fraction of sp³-hybridized carbons (Fsp3) is 0.625. The molecule has 3 heterocycles. The first-order valence-electron chi connectivity index (χ1n) is 15.6. The third kappa shape index (κ3) is 5.77. The van der Waals surface area contributed by atoms with Gasteiger partial charge >= 0.3 is 18.0 Å². The summed E-state index contributed by atoms with van der Waals surface area (Å²) in [4.78, 5) is 16.3. The first kappa shape index (κ1) is 33.7. The number of allylic oxidation sites excluding steroid dienone is 3. The zero-order valence-corrected chi connectivity index (χ0v) is 27.4. The highest BCUT2D eigenvalue weighted by atomic mass is 35.5. The van der Waals surface area contributed by atoms with Gasteiger partial charge in [0.25, 0.3) is 0 Å². The van der Waals surface area contributed by atoms with Gasteiger partial charge in [-0.1, -0.05) is 50.6 Å². The Balaban J connectivity index is 1.27. The van der Waals surface area contributed by atoms with Crippen LogP contribution in [0.1, 0.15) is 38.7 Å². The molecule has 1 spiro atoms. The normalized spacial score (nSPS) is 35.0. The number of amides is 1. The first-order chi connectivity index (χ1) is 21.5. The van der Waals surface area contributed by atoms with Gasteiger partial charge in [-0.3, -0.25) is 15.0 Å². The molecule has 14 heteroatoms. The third-order valence-electron chi connectivity index (χ3n) is 10.1. The van der Waals surface area contributed by atoms with Crippen LogP contribution in [-0.4, -0.2) is 107 Å². The zero-order valence-electron chi connectivity index (χ0n) is 25.8. The van der Waals surface area contributed by atoms with Crippen molar-refractivity contribution in [2.24, 2.45) is 16.7 Å². The number of carbonyl (C=O) groups excluding carboxylic acids is 1. The summed E-state index contributed by atoms with van der Waals surface area (Å²) in [7, 11) is 0. The highest BCUT2D eigenvalue weighted by Crippen LogP contribution is 2.63. The molecule has 3 fully saturated rings. The second-order valence-corrected chi connectivity index (χ2v) is 15.4. The van der Waals surface area contributed by atoms with Crippen LogP contribution < -0.4 is 15.6 Å². The van der Waals surface area contributed by atoms with Crippen LogP contribution in [0, 0.1) is 16.7 Å². The molecule has 1 amide bonds. The number of halogens is 6. The SMILES string of the molecule is CC(C)(C)C[C@H]1N[C@@H](C(O)NCCN2CCN(C(=O)C(F)(F)F)CC2)[C@H](c2cccc(Cl)c2)[C@]12C1=CC3C(F)C3(Cl)C=C1[NH+]=C2O. The van der Waals surface area contributed by atoms with Gasteiger partial charge in [-0.15, -0.1) is 11.6 Å². The van der Waals surface area contributed by atoms with Crippen LogP contribution in [0.5, 0.6) is 0 Å². The van der Waals surface area contributed by atoms with Crippen molar-refractivity contribution < 1.29 is 37.6 Å². The maximum absolute atomic E-state index is 14.9. The minimum Gasteiger partial charge on any atom is -0.462 e. The van der Waals surface area contributed by atoms with Crippen LogP contribution in [-0.2, 0) is 4.79 Å². The van der Waals surface area contributed by atoms with E-state index in [9.17, 15) is 32.6 Å². The summed E-state index contributed by atoms with van der Waals surface area (Å²) in [5.41, 5.74) is 0.770. The van der Waals surface area contributed by atoms with E-state index in [1.54, 1.807) is 12.1 Å². The lowest BCUT2D eigenvalue weighted by Crippen LogP contribution is -2.70. The van der Waals surface area contributed by atoms with Crippen LogP contribution in [0.2, 0.25) is 5.02 Å². The van der Waals surface area contributed by atoms with Crippen LogP contribution in [0.15, 0.2) is 47.7 Å². The molecule has 1 saturated carbocycles. The van der Waals surface area contributed by atoms with Gasteiger partial charge in [-0.25, -0.2) is 4.39 Å². The van der Waals surface area contributed by atoms with Gasteiger partial charge in [0.05, 0.1) is 6.04 Å². The smallest absolute Gasteiger partial charge is 0.462 e. The Hall–Kier alpha value is -2.22. The van der Waals surface area contributed by atoms with E-state index in [1.165, 1.54) is 0 Å². The number of aliphatic hydroxyl groups excluding tert-OH is 2. The van der Waals surface area contributed by atoms with Crippen LogP contribution in [0.3, 0.4) is 0 Å². The molecule has 46 heavy (non-hydrogen) atoms. The van der Waals surface area contributed by atoms with Crippen molar-refractivity contribution in [3.63, 3.8) is 0 Å². The number of piperazine rings is 1. The third-order valence-corrected chi connectivity index (χ3v) is 10.9. The molecule has 5 aliphatic rings. The van der Waals surface area contributed by atoms with Gasteiger partial charge in [0.1, 0.15) is 22.7 Å². The van der Waals surface area contributed by atoms with E-state index < -0.39 is 52.6 Å². The Labute approximate surface area is 275 Å². The lowest BCUT2D eigenvalue weighted by molar-refractivity contribution is -0.398. The number of hydrogen-bond acceptors (Lipinski definition) is 5. The predicted molar refractivity (Wildman–Crippen MR) is 166 cm³/mol. The summed E-state index contributed by atoms with van der Waals surface area (Å²) in [6.45, 7) is 7.52.